The topological polar surface area (TPSA) is 46.3 Å². The Kier molecular flexibility index (Phi) is 5.59. The number of hydrogen-bond donors (Lipinski definition) is 1. The third kappa shape index (κ3) is 4.17. The molecule has 0 radical (unpaired) electrons. The van der Waals surface area contributed by atoms with Crippen LogP contribution in [0.25, 0.3) is 0 Å². The van der Waals surface area contributed by atoms with E-state index in [-0.39, 0.29) is 30.2 Å². The molecule has 21 heavy (non-hydrogen) atoms. The molecule has 1 saturated carbocycles. The molecule has 5 heteroatoms. The van der Waals surface area contributed by atoms with Gasteiger partial charge in [-0.15, -0.1) is 0 Å². The van der Waals surface area contributed by atoms with Gasteiger partial charge in [-0.25, -0.2) is 4.39 Å². The summed E-state index contributed by atoms with van der Waals surface area (Å²) in [6, 6.07) is 4.84. The summed E-state index contributed by atoms with van der Waals surface area (Å²) in [6.45, 7) is 2.78. The van der Waals surface area contributed by atoms with Crippen molar-refractivity contribution in [3.8, 4) is 0 Å². The van der Waals surface area contributed by atoms with Gasteiger partial charge in [-0.2, -0.15) is 0 Å². The molecule has 1 fully saturated rings. The second-order valence-electron chi connectivity index (χ2n) is 5.67. The van der Waals surface area contributed by atoms with Crippen LogP contribution in [0.5, 0.6) is 0 Å². The van der Waals surface area contributed by atoms with E-state index in [2.05, 4.69) is 0 Å². The van der Waals surface area contributed by atoms with Crippen molar-refractivity contribution in [2.45, 2.75) is 45.2 Å². The van der Waals surface area contributed by atoms with Crippen LogP contribution in [0, 0.1) is 11.7 Å². The SMILES string of the molecule is CCC(CN)CC(=O)N(Cc1c(F)cccc1Cl)C1CC1. The summed E-state index contributed by atoms with van der Waals surface area (Å²) in [7, 11) is 0. The molecule has 0 spiro atoms. The van der Waals surface area contributed by atoms with Crippen LogP contribution >= 0.6 is 11.6 Å². The highest BCUT2D eigenvalue weighted by Gasteiger charge is 2.33. The molecule has 1 amide bonds. The first kappa shape index (κ1) is 16.2. The molecular formula is C16H22ClFN2O. The minimum atomic E-state index is -0.355. The number of carbonyl (C=O) groups excluding carboxylic acids is 1. The van der Waals surface area contributed by atoms with E-state index in [9.17, 15) is 9.18 Å². The zero-order valence-corrected chi connectivity index (χ0v) is 13.1. The second kappa shape index (κ2) is 7.23. The number of rotatable bonds is 7. The Morgan fingerprint density at radius 1 is 1.52 bits per heavy atom. The number of benzene rings is 1. The average molecular weight is 313 g/mol. The first-order valence-corrected chi connectivity index (χ1v) is 7.87. The highest BCUT2D eigenvalue weighted by molar-refractivity contribution is 6.31. The molecule has 3 nitrogen and oxygen atoms in total. The number of amides is 1. The molecule has 1 aliphatic rings. The summed E-state index contributed by atoms with van der Waals surface area (Å²) >= 11 is 6.07. The van der Waals surface area contributed by atoms with Crippen LogP contribution in [0.4, 0.5) is 4.39 Å². The maximum atomic E-state index is 13.9. The standard InChI is InChI=1S/C16H22ClFN2O/c1-2-11(9-19)8-16(21)20(12-6-7-12)10-13-14(17)4-3-5-15(13)18/h3-5,11-12H,2,6-10,19H2,1H3. The molecule has 0 aliphatic heterocycles. The van der Waals surface area contributed by atoms with Crippen molar-refractivity contribution in [1.29, 1.82) is 0 Å². The van der Waals surface area contributed by atoms with Gasteiger partial charge < -0.3 is 10.6 Å². The van der Waals surface area contributed by atoms with Gasteiger partial charge in [0.1, 0.15) is 5.82 Å². The smallest absolute Gasteiger partial charge is 0.223 e. The van der Waals surface area contributed by atoms with Crippen LogP contribution in [0.15, 0.2) is 18.2 Å². The molecule has 1 aromatic rings. The van der Waals surface area contributed by atoms with Crippen molar-refractivity contribution in [1.82, 2.24) is 4.90 Å². The molecule has 2 rings (SSSR count). The molecule has 1 aromatic carbocycles. The van der Waals surface area contributed by atoms with E-state index in [1.807, 2.05) is 6.92 Å². The van der Waals surface area contributed by atoms with Crippen molar-refractivity contribution in [3.05, 3.63) is 34.6 Å². The van der Waals surface area contributed by atoms with Gasteiger partial charge in [0.05, 0.1) is 6.54 Å². The van der Waals surface area contributed by atoms with Crippen molar-refractivity contribution in [2.24, 2.45) is 11.7 Å². The van der Waals surface area contributed by atoms with Crippen LogP contribution in [-0.4, -0.2) is 23.4 Å². The van der Waals surface area contributed by atoms with Gasteiger partial charge in [-0.1, -0.05) is 31.0 Å². The molecular weight excluding hydrogens is 291 g/mol. The molecule has 1 unspecified atom stereocenters. The molecule has 0 bridgehead atoms. The van der Waals surface area contributed by atoms with Gasteiger partial charge in [-0.3, -0.25) is 4.79 Å². The summed E-state index contributed by atoms with van der Waals surface area (Å²) in [5, 5.41) is 0.374. The third-order valence-corrected chi connectivity index (χ3v) is 4.43. The van der Waals surface area contributed by atoms with Gasteiger partial charge >= 0.3 is 0 Å². The number of hydrogen-bond acceptors (Lipinski definition) is 2. The second-order valence-corrected chi connectivity index (χ2v) is 6.07. The van der Waals surface area contributed by atoms with Crippen molar-refractivity contribution in [3.63, 3.8) is 0 Å². The van der Waals surface area contributed by atoms with Gasteiger partial charge in [0.2, 0.25) is 5.91 Å². The van der Waals surface area contributed by atoms with Crippen molar-refractivity contribution < 1.29 is 9.18 Å². The molecule has 1 aliphatic carbocycles. The summed E-state index contributed by atoms with van der Waals surface area (Å²) < 4.78 is 13.9. The lowest BCUT2D eigenvalue weighted by Gasteiger charge is -2.25. The van der Waals surface area contributed by atoms with Crippen LogP contribution in [-0.2, 0) is 11.3 Å². The first-order chi connectivity index (χ1) is 10.1. The highest BCUT2D eigenvalue weighted by Crippen LogP contribution is 2.31. The van der Waals surface area contributed by atoms with Crippen LogP contribution < -0.4 is 5.73 Å². The summed E-state index contributed by atoms with van der Waals surface area (Å²) in [5.74, 6) is -0.115. The number of carbonyl (C=O) groups is 1. The Bertz CT molecular complexity index is 481. The molecule has 116 valence electrons. The molecule has 0 aromatic heterocycles. The van der Waals surface area contributed by atoms with Gasteiger partial charge in [-0.05, 0) is 37.4 Å². The Morgan fingerprint density at radius 3 is 2.76 bits per heavy atom. The Labute approximate surface area is 130 Å². The molecule has 0 saturated heterocycles. The van der Waals surface area contributed by atoms with E-state index in [0.717, 1.165) is 19.3 Å². The lowest BCUT2D eigenvalue weighted by Crippen LogP contribution is -2.35. The largest absolute Gasteiger partial charge is 0.335 e. The predicted octanol–water partition coefficient (Wildman–Crippen LogP) is 3.35. The van der Waals surface area contributed by atoms with Crippen molar-refractivity contribution >= 4 is 17.5 Å². The zero-order chi connectivity index (χ0) is 15.4. The van der Waals surface area contributed by atoms with E-state index in [1.165, 1.54) is 6.07 Å². The minimum Gasteiger partial charge on any atom is -0.335 e. The maximum absolute atomic E-state index is 13.9. The Hall–Kier alpha value is -1.13. The fourth-order valence-corrected chi connectivity index (χ4v) is 2.64. The lowest BCUT2D eigenvalue weighted by molar-refractivity contribution is -0.133. The quantitative estimate of drug-likeness (QED) is 0.839. The fraction of sp³-hybridized carbons (Fsp3) is 0.562. The van der Waals surface area contributed by atoms with Gasteiger partial charge in [0, 0.05) is 23.0 Å². The average Bonchev–Trinajstić information content (AvgIpc) is 3.28. The normalized spacial score (nSPS) is 15.8. The summed E-state index contributed by atoms with van der Waals surface area (Å²) in [6.07, 6.45) is 3.27. The van der Waals surface area contributed by atoms with Crippen LogP contribution in [0.3, 0.4) is 0 Å². The molecule has 0 heterocycles. The van der Waals surface area contributed by atoms with Crippen molar-refractivity contribution in [2.75, 3.05) is 6.54 Å². The Morgan fingerprint density at radius 2 is 2.24 bits per heavy atom. The van der Waals surface area contributed by atoms with Gasteiger partial charge in [0.15, 0.2) is 0 Å². The minimum absolute atomic E-state index is 0.0501. The zero-order valence-electron chi connectivity index (χ0n) is 12.3. The number of nitrogens with two attached hydrogens (primary N) is 1. The lowest BCUT2D eigenvalue weighted by atomic mass is 10.0. The monoisotopic (exact) mass is 312 g/mol. The number of halogens is 2. The maximum Gasteiger partial charge on any atom is 0.223 e. The molecule has 2 N–H and O–H groups in total. The fourth-order valence-electron chi connectivity index (χ4n) is 2.42. The van der Waals surface area contributed by atoms with E-state index in [0.29, 0.717) is 23.6 Å². The predicted molar refractivity (Wildman–Crippen MR) is 82.4 cm³/mol. The highest BCUT2D eigenvalue weighted by atomic mass is 35.5. The number of nitrogens with zero attached hydrogens (tertiary/aromatic N) is 1. The summed E-state index contributed by atoms with van der Waals surface area (Å²) in [5.41, 5.74) is 6.08. The van der Waals surface area contributed by atoms with E-state index >= 15 is 0 Å². The van der Waals surface area contributed by atoms with E-state index in [1.54, 1.807) is 17.0 Å². The van der Waals surface area contributed by atoms with Crippen LogP contribution in [0.2, 0.25) is 5.02 Å². The molecule has 1 atom stereocenters. The first-order valence-electron chi connectivity index (χ1n) is 7.49. The Balaban J connectivity index is 2.11. The van der Waals surface area contributed by atoms with Gasteiger partial charge in [0.25, 0.3) is 0 Å². The summed E-state index contributed by atoms with van der Waals surface area (Å²) in [4.78, 5) is 14.3. The van der Waals surface area contributed by atoms with E-state index < -0.39 is 0 Å². The van der Waals surface area contributed by atoms with E-state index in [4.69, 9.17) is 17.3 Å². The third-order valence-electron chi connectivity index (χ3n) is 4.07. The van der Waals surface area contributed by atoms with Crippen LogP contribution in [0.1, 0.15) is 38.2 Å².